The SMILES string of the molecule is COCCOCCCC(=O)[C@H]1[C@H](c2cccc(Cl)c2F)[C@@]2(C(=O)Nc3cc(Cl)ccc32)[C@@H](CC(C)(C)C)N1C(=O)OC. The van der Waals surface area contributed by atoms with Gasteiger partial charge in [-0.15, -0.1) is 0 Å². The van der Waals surface area contributed by atoms with Crippen LogP contribution in [0.1, 0.15) is 57.1 Å². The van der Waals surface area contributed by atoms with Gasteiger partial charge in [-0.3, -0.25) is 14.5 Å². The highest BCUT2D eigenvalue weighted by molar-refractivity contribution is 6.31. The molecule has 0 bridgehead atoms. The van der Waals surface area contributed by atoms with Crippen molar-refractivity contribution in [3.8, 4) is 0 Å². The molecule has 0 unspecified atom stereocenters. The van der Waals surface area contributed by atoms with E-state index in [9.17, 15) is 14.4 Å². The van der Waals surface area contributed by atoms with Crippen LogP contribution in [0.2, 0.25) is 10.0 Å². The maximum Gasteiger partial charge on any atom is 0.410 e. The lowest BCUT2D eigenvalue weighted by molar-refractivity contribution is -0.124. The number of carbonyl (C=O) groups excluding carboxylic acids is 3. The van der Waals surface area contributed by atoms with Gasteiger partial charge in [-0.2, -0.15) is 0 Å². The minimum atomic E-state index is -1.55. The summed E-state index contributed by atoms with van der Waals surface area (Å²) in [6.07, 6.45) is -0.0931. The van der Waals surface area contributed by atoms with E-state index >= 15 is 4.39 Å². The van der Waals surface area contributed by atoms with Gasteiger partial charge in [0.2, 0.25) is 5.91 Å². The molecule has 4 atom stereocenters. The Morgan fingerprint density at radius 1 is 1.10 bits per heavy atom. The number of methoxy groups -OCH3 is 2. The highest BCUT2D eigenvalue weighted by atomic mass is 35.5. The summed E-state index contributed by atoms with van der Waals surface area (Å²) in [5.41, 5.74) is -0.919. The number of nitrogens with one attached hydrogen (secondary N) is 1. The Kier molecular flexibility index (Phi) is 9.87. The monoisotopic (exact) mass is 622 g/mol. The number of ether oxygens (including phenoxy) is 3. The van der Waals surface area contributed by atoms with Gasteiger partial charge in [0.15, 0.2) is 5.78 Å². The van der Waals surface area contributed by atoms with Crippen molar-refractivity contribution in [3.05, 3.63) is 63.4 Å². The lowest BCUT2D eigenvalue weighted by Gasteiger charge is -2.39. The Labute approximate surface area is 255 Å². The van der Waals surface area contributed by atoms with Crippen molar-refractivity contribution in [2.24, 2.45) is 5.41 Å². The molecule has 228 valence electrons. The molecule has 2 aromatic rings. The van der Waals surface area contributed by atoms with Crippen molar-refractivity contribution in [3.63, 3.8) is 0 Å². The average molecular weight is 624 g/mol. The quantitative estimate of drug-likeness (QED) is 0.309. The second-order valence-corrected chi connectivity index (χ2v) is 12.8. The van der Waals surface area contributed by atoms with Crippen LogP contribution in [-0.4, -0.2) is 68.8 Å². The Morgan fingerprint density at radius 3 is 2.50 bits per heavy atom. The molecule has 0 aliphatic carbocycles. The smallest absolute Gasteiger partial charge is 0.410 e. The van der Waals surface area contributed by atoms with Crippen LogP contribution in [0.25, 0.3) is 0 Å². The van der Waals surface area contributed by atoms with Crippen molar-refractivity contribution in [2.45, 2.75) is 63.5 Å². The van der Waals surface area contributed by atoms with E-state index in [0.29, 0.717) is 42.3 Å². The third-order valence-corrected chi connectivity index (χ3v) is 8.53. The Morgan fingerprint density at radius 2 is 1.83 bits per heavy atom. The molecule has 2 heterocycles. The fourth-order valence-electron chi connectivity index (χ4n) is 6.44. The number of anilines is 1. The second-order valence-electron chi connectivity index (χ2n) is 11.9. The van der Waals surface area contributed by atoms with Gasteiger partial charge in [-0.25, -0.2) is 9.18 Å². The van der Waals surface area contributed by atoms with Gasteiger partial charge in [-0.05, 0) is 47.6 Å². The van der Waals surface area contributed by atoms with E-state index in [1.807, 2.05) is 20.8 Å². The molecule has 2 aromatic carbocycles. The predicted octanol–water partition coefficient (Wildman–Crippen LogP) is 6.37. The number of Topliss-reactive ketones (excluding diaryl/α,β-unsaturated/α-hetero) is 1. The molecule has 8 nitrogen and oxygen atoms in total. The van der Waals surface area contributed by atoms with Crippen molar-refractivity contribution in [1.82, 2.24) is 4.90 Å². The van der Waals surface area contributed by atoms with Crippen LogP contribution < -0.4 is 5.32 Å². The molecule has 0 saturated carbocycles. The predicted molar refractivity (Wildman–Crippen MR) is 159 cm³/mol. The van der Waals surface area contributed by atoms with Crippen LogP contribution in [0.5, 0.6) is 0 Å². The minimum Gasteiger partial charge on any atom is -0.453 e. The van der Waals surface area contributed by atoms with Gasteiger partial charge in [0.1, 0.15) is 17.3 Å². The Balaban J connectivity index is 1.97. The topological polar surface area (TPSA) is 94.2 Å². The third kappa shape index (κ3) is 5.89. The minimum absolute atomic E-state index is 0.0250. The second kappa shape index (κ2) is 12.9. The summed E-state index contributed by atoms with van der Waals surface area (Å²) in [5.74, 6) is -2.66. The standard InChI is InChI=1S/C31H37Cl2FN2O6/c1-30(2,3)17-24-31(20-12-11-18(32)16-22(20)35-28(31)38)25(19-8-6-9-21(33)26(19)34)27(36(24)29(39)41-5)23(37)10-7-13-42-15-14-40-4/h6,8-9,11-12,16,24-25,27H,7,10,13-15,17H2,1-5H3,(H,35,38)/t24-,25+,27+,31+/m1/s1. The number of nitrogens with zero attached hydrogens (tertiary/aromatic N) is 1. The summed E-state index contributed by atoms with van der Waals surface area (Å²) in [5, 5.41) is 3.17. The molecule has 1 saturated heterocycles. The summed E-state index contributed by atoms with van der Waals surface area (Å²) in [6, 6.07) is 7.39. The molecule has 2 aliphatic heterocycles. The van der Waals surface area contributed by atoms with Crippen LogP contribution in [0, 0.1) is 11.2 Å². The van der Waals surface area contributed by atoms with Crippen LogP contribution in [0.4, 0.5) is 14.9 Å². The van der Waals surface area contributed by atoms with Gasteiger partial charge in [0.25, 0.3) is 0 Å². The zero-order valence-corrected chi connectivity index (χ0v) is 26.0. The number of rotatable bonds is 10. The lowest BCUT2D eigenvalue weighted by atomic mass is 9.62. The van der Waals surface area contributed by atoms with E-state index < -0.39 is 46.6 Å². The van der Waals surface area contributed by atoms with Crippen molar-refractivity contribution >= 4 is 46.7 Å². The number of benzene rings is 2. The number of halogens is 3. The number of amides is 2. The van der Waals surface area contributed by atoms with Gasteiger partial charge in [0, 0.05) is 36.8 Å². The van der Waals surface area contributed by atoms with Crippen molar-refractivity contribution < 1.29 is 33.0 Å². The number of carbonyl (C=O) groups is 3. The van der Waals surface area contributed by atoms with Crippen molar-refractivity contribution in [1.29, 1.82) is 0 Å². The van der Waals surface area contributed by atoms with E-state index in [1.54, 1.807) is 31.4 Å². The van der Waals surface area contributed by atoms with E-state index in [1.165, 1.54) is 24.1 Å². The number of hydrogen-bond acceptors (Lipinski definition) is 6. The fourth-order valence-corrected chi connectivity index (χ4v) is 6.80. The molecule has 42 heavy (non-hydrogen) atoms. The van der Waals surface area contributed by atoms with Crippen LogP contribution in [0.15, 0.2) is 36.4 Å². The number of hydrogen-bond donors (Lipinski definition) is 1. The first-order chi connectivity index (χ1) is 19.9. The molecule has 0 radical (unpaired) electrons. The van der Waals surface area contributed by atoms with Crippen LogP contribution >= 0.6 is 23.2 Å². The molecule has 2 aliphatic rings. The summed E-state index contributed by atoms with van der Waals surface area (Å²) in [4.78, 5) is 43.6. The first-order valence-corrected chi connectivity index (χ1v) is 14.6. The molecule has 4 rings (SSSR count). The normalized spacial score (nSPS) is 23.3. The van der Waals surface area contributed by atoms with E-state index in [0.717, 1.165) is 0 Å². The maximum atomic E-state index is 16.0. The average Bonchev–Trinajstić information content (AvgIpc) is 3.37. The lowest BCUT2D eigenvalue weighted by Crippen LogP contribution is -2.52. The van der Waals surface area contributed by atoms with Crippen LogP contribution in [0.3, 0.4) is 0 Å². The largest absolute Gasteiger partial charge is 0.453 e. The van der Waals surface area contributed by atoms with Gasteiger partial charge >= 0.3 is 6.09 Å². The fraction of sp³-hybridized carbons (Fsp3) is 0.516. The number of fused-ring (bicyclic) bond motifs is 2. The summed E-state index contributed by atoms with van der Waals surface area (Å²) >= 11 is 12.6. The highest BCUT2D eigenvalue weighted by Gasteiger charge is 2.70. The molecule has 0 aromatic heterocycles. The molecule has 11 heteroatoms. The third-order valence-electron chi connectivity index (χ3n) is 8.00. The summed E-state index contributed by atoms with van der Waals surface area (Å²) < 4.78 is 31.8. The number of ketones is 1. The molecule has 1 fully saturated rings. The number of likely N-dealkylation sites (tertiary alicyclic amines) is 1. The molecule has 1 spiro atoms. The Bertz CT molecular complexity index is 1350. The maximum absolute atomic E-state index is 16.0. The van der Waals surface area contributed by atoms with E-state index in [2.05, 4.69) is 5.32 Å². The highest BCUT2D eigenvalue weighted by Crippen LogP contribution is 2.60. The van der Waals surface area contributed by atoms with E-state index in [-0.39, 0.29) is 29.4 Å². The Hall–Kier alpha value is -2.72. The van der Waals surface area contributed by atoms with Gasteiger partial charge < -0.3 is 19.5 Å². The van der Waals surface area contributed by atoms with E-state index in [4.69, 9.17) is 37.4 Å². The van der Waals surface area contributed by atoms with Crippen LogP contribution in [-0.2, 0) is 29.2 Å². The molecular formula is C31H37Cl2FN2O6. The molecule has 1 N–H and O–H groups in total. The zero-order valence-electron chi connectivity index (χ0n) is 24.5. The molecule has 2 amide bonds. The first-order valence-electron chi connectivity index (χ1n) is 13.9. The van der Waals surface area contributed by atoms with Gasteiger partial charge in [0.05, 0.1) is 31.4 Å². The zero-order chi connectivity index (χ0) is 30.8. The summed E-state index contributed by atoms with van der Waals surface area (Å²) in [6.45, 7) is 7.01. The molecular weight excluding hydrogens is 586 g/mol. The first kappa shape index (κ1) is 32.2. The summed E-state index contributed by atoms with van der Waals surface area (Å²) in [7, 11) is 2.79. The van der Waals surface area contributed by atoms with Crippen molar-refractivity contribution in [2.75, 3.05) is 39.4 Å². The van der Waals surface area contributed by atoms with Gasteiger partial charge in [-0.1, -0.05) is 62.2 Å².